The van der Waals surface area contributed by atoms with Crippen molar-refractivity contribution in [3.63, 3.8) is 0 Å². The number of carboxylic acids is 1. The molecule has 0 amide bonds. The molecule has 1 unspecified atom stereocenters. The standard InChI is InChI=1S/C10H11FO4/c1-5(10(13)14)6-3-4-7(12)8(11)9(6)15-2/h3-5,12H,1-2H3,(H,13,14). The van der Waals surface area contributed by atoms with Crippen LogP contribution in [-0.2, 0) is 4.79 Å². The maximum atomic E-state index is 13.3. The lowest BCUT2D eigenvalue weighted by molar-refractivity contribution is -0.138. The van der Waals surface area contributed by atoms with Gasteiger partial charge in [-0.25, -0.2) is 0 Å². The Kier molecular flexibility index (Phi) is 3.14. The number of hydrogen-bond acceptors (Lipinski definition) is 3. The fraction of sp³-hybridized carbons (Fsp3) is 0.300. The van der Waals surface area contributed by atoms with Gasteiger partial charge in [0.25, 0.3) is 0 Å². The highest BCUT2D eigenvalue weighted by Crippen LogP contribution is 2.34. The zero-order valence-corrected chi connectivity index (χ0v) is 8.32. The Bertz CT molecular complexity index is 389. The molecule has 1 aromatic carbocycles. The third-order valence-electron chi connectivity index (χ3n) is 2.15. The first kappa shape index (κ1) is 11.3. The van der Waals surface area contributed by atoms with Crippen LogP contribution in [0.5, 0.6) is 11.5 Å². The molecule has 0 radical (unpaired) electrons. The van der Waals surface area contributed by atoms with Crippen molar-refractivity contribution in [2.45, 2.75) is 12.8 Å². The second-order valence-electron chi connectivity index (χ2n) is 3.08. The van der Waals surface area contributed by atoms with Gasteiger partial charge in [0.1, 0.15) is 0 Å². The quantitative estimate of drug-likeness (QED) is 0.804. The Hall–Kier alpha value is -1.78. The molecule has 1 aromatic rings. The van der Waals surface area contributed by atoms with Crippen LogP contribution >= 0.6 is 0 Å². The lowest BCUT2D eigenvalue weighted by Crippen LogP contribution is -2.09. The molecule has 1 rings (SSSR count). The van der Waals surface area contributed by atoms with Gasteiger partial charge in [0.05, 0.1) is 13.0 Å². The lowest BCUT2D eigenvalue weighted by atomic mass is 10.00. The van der Waals surface area contributed by atoms with Crippen molar-refractivity contribution in [3.8, 4) is 11.5 Å². The van der Waals surface area contributed by atoms with Gasteiger partial charge in [0.15, 0.2) is 11.5 Å². The molecule has 0 aromatic heterocycles. The van der Waals surface area contributed by atoms with Gasteiger partial charge in [-0.2, -0.15) is 4.39 Å². The molecule has 5 heteroatoms. The molecule has 4 nitrogen and oxygen atoms in total. The highest BCUT2D eigenvalue weighted by Gasteiger charge is 2.22. The van der Waals surface area contributed by atoms with Crippen LogP contribution in [0.15, 0.2) is 12.1 Å². The van der Waals surface area contributed by atoms with E-state index in [0.29, 0.717) is 0 Å². The van der Waals surface area contributed by atoms with E-state index in [2.05, 4.69) is 0 Å². The zero-order valence-electron chi connectivity index (χ0n) is 8.32. The molecule has 0 bridgehead atoms. The number of phenolic OH excluding ortho intramolecular Hbond substituents is 1. The number of hydrogen-bond donors (Lipinski definition) is 2. The molecular weight excluding hydrogens is 203 g/mol. The normalized spacial score (nSPS) is 12.2. The van der Waals surface area contributed by atoms with Gasteiger partial charge >= 0.3 is 5.97 Å². The first-order valence-corrected chi connectivity index (χ1v) is 4.27. The molecule has 15 heavy (non-hydrogen) atoms. The van der Waals surface area contributed by atoms with Gasteiger partial charge in [-0.15, -0.1) is 0 Å². The molecule has 0 aliphatic carbocycles. The van der Waals surface area contributed by atoms with E-state index in [1.54, 1.807) is 0 Å². The maximum Gasteiger partial charge on any atom is 0.310 e. The monoisotopic (exact) mass is 214 g/mol. The predicted octanol–water partition coefficient (Wildman–Crippen LogP) is 1.73. The number of carboxylic acid groups (broad SMARTS) is 1. The minimum atomic E-state index is -1.08. The first-order chi connectivity index (χ1) is 6.99. The number of aliphatic carboxylic acids is 1. The molecule has 0 aliphatic heterocycles. The summed E-state index contributed by atoms with van der Waals surface area (Å²) in [7, 11) is 1.22. The van der Waals surface area contributed by atoms with Crippen molar-refractivity contribution >= 4 is 5.97 Å². The molecule has 0 heterocycles. The van der Waals surface area contributed by atoms with Crippen molar-refractivity contribution in [2.24, 2.45) is 0 Å². The van der Waals surface area contributed by atoms with E-state index < -0.39 is 23.5 Å². The third kappa shape index (κ3) is 2.01. The van der Waals surface area contributed by atoms with Crippen LogP contribution in [0.25, 0.3) is 0 Å². The SMILES string of the molecule is COc1c(C(C)C(=O)O)ccc(O)c1F. The van der Waals surface area contributed by atoms with Crippen LogP contribution in [0.1, 0.15) is 18.4 Å². The number of methoxy groups -OCH3 is 1. The smallest absolute Gasteiger partial charge is 0.310 e. The van der Waals surface area contributed by atoms with Crippen LogP contribution < -0.4 is 4.74 Å². The van der Waals surface area contributed by atoms with Crippen molar-refractivity contribution in [1.82, 2.24) is 0 Å². The highest BCUT2D eigenvalue weighted by atomic mass is 19.1. The van der Waals surface area contributed by atoms with Gasteiger partial charge in [0, 0.05) is 5.56 Å². The second-order valence-corrected chi connectivity index (χ2v) is 3.08. The summed E-state index contributed by atoms with van der Waals surface area (Å²) in [5.74, 6) is -3.71. The van der Waals surface area contributed by atoms with E-state index in [4.69, 9.17) is 14.9 Å². The number of rotatable bonds is 3. The Morgan fingerprint density at radius 3 is 2.60 bits per heavy atom. The van der Waals surface area contributed by atoms with Crippen molar-refractivity contribution in [1.29, 1.82) is 0 Å². The number of aromatic hydroxyl groups is 1. The maximum absolute atomic E-state index is 13.3. The van der Waals surface area contributed by atoms with E-state index in [-0.39, 0.29) is 11.3 Å². The van der Waals surface area contributed by atoms with Crippen LogP contribution in [0, 0.1) is 5.82 Å². The largest absolute Gasteiger partial charge is 0.505 e. The summed E-state index contributed by atoms with van der Waals surface area (Å²) >= 11 is 0. The average Bonchev–Trinajstić information content (AvgIpc) is 2.20. The molecule has 1 atom stereocenters. The molecule has 0 fully saturated rings. The van der Waals surface area contributed by atoms with Crippen molar-refractivity contribution in [3.05, 3.63) is 23.5 Å². The van der Waals surface area contributed by atoms with E-state index in [1.165, 1.54) is 20.1 Å². The molecule has 0 saturated heterocycles. The summed E-state index contributed by atoms with van der Waals surface area (Å²) in [6.07, 6.45) is 0. The Morgan fingerprint density at radius 1 is 1.53 bits per heavy atom. The summed E-state index contributed by atoms with van der Waals surface area (Å²) < 4.78 is 18.0. The van der Waals surface area contributed by atoms with Gasteiger partial charge in [-0.05, 0) is 13.0 Å². The van der Waals surface area contributed by atoms with Gasteiger partial charge < -0.3 is 14.9 Å². The number of carbonyl (C=O) groups is 1. The molecule has 82 valence electrons. The predicted molar refractivity (Wildman–Crippen MR) is 50.7 cm³/mol. The van der Waals surface area contributed by atoms with Gasteiger partial charge in [-0.3, -0.25) is 4.79 Å². The molecule has 0 spiro atoms. The summed E-state index contributed by atoms with van der Waals surface area (Å²) in [6, 6.07) is 2.43. The average molecular weight is 214 g/mol. The van der Waals surface area contributed by atoms with Crippen LogP contribution in [0.4, 0.5) is 4.39 Å². The molecule has 2 N–H and O–H groups in total. The fourth-order valence-corrected chi connectivity index (χ4v) is 1.24. The lowest BCUT2D eigenvalue weighted by Gasteiger charge is -2.13. The minimum absolute atomic E-state index is 0.195. The second kappa shape index (κ2) is 4.16. The van der Waals surface area contributed by atoms with Crippen molar-refractivity contribution < 1.29 is 24.1 Å². The zero-order chi connectivity index (χ0) is 11.6. The Labute approximate surface area is 85.9 Å². The summed E-state index contributed by atoms with van der Waals surface area (Å²) in [5, 5.41) is 17.8. The van der Waals surface area contributed by atoms with Crippen molar-refractivity contribution in [2.75, 3.05) is 7.11 Å². The first-order valence-electron chi connectivity index (χ1n) is 4.27. The summed E-state index contributed by atoms with van der Waals surface area (Å²) in [5.41, 5.74) is 0.195. The summed E-state index contributed by atoms with van der Waals surface area (Å²) in [4.78, 5) is 10.7. The van der Waals surface area contributed by atoms with E-state index in [0.717, 1.165) is 6.07 Å². The Balaban J connectivity index is 3.30. The molecular formula is C10H11FO4. The number of benzene rings is 1. The Morgan fingerprint density at radius 2 is 2.13 bits per heavy atom. The van der Waals surface area contributed by atoms with Crippen LogP contribution in [-0.4, -0.2) is 23.3 Å². The number of ether oxygens (including phenoxy) is 1. The molecule has 0 saturated carbocycles. The van der Waals surface area contributed by atoms with E-state index >= 15 is 0 Å². The fourth-order valence-electron chi connectivity index (χ4n) is 1.24. The van der Waals surface area contributed by atoms with Crippen LogP contribution in [0.3, 0.4) is 0 Å². The molecule has 0 aliphatic rings. The van der Waals surface area contributed by atoms with Crippen LogP contribution in [0.2, 0.25) is 0 Å². The number of phenols is 1. The van der Waals surface area contributed by atoms with E-state index in [1.807, 2.05) is 0 Å². The van der Waals surface area contributed by atoms with Gasteiger partial charge in [0.2, 0.25) is 5.82 Å². The topological polar surface area (TPSA) is 66.8 Å². The number of halogens is 1. The van der Waals surface area contributed by atoms with Gasteiger partial charge in [-0.1, -0.05) is 6.07 Å². The highest BCUT2D eigenvalue weighted by molar-refractivity contribution is 5.76. The minimum Gasteiger partial charge on any atom is -0.505 e. The third-order valence-corrected chi connectivity index (χ3v) is 2.15. The van der Waals surface area contributed by atoms with E-state index in [9.17, 15) is 9.18 Å². The summed E-state index contributed by atoms with van der Waals surface area (Å²) in [6.45, 7) is 1.41.